The van der Waals surface area contributed by atoms with Gasteiger partial charge in [0.2, 0.25) is 0 Å². The van der Waals surface area contributed by atoms with E-state index in [0.29, 0.717) is 19.6 Å². The number of hydrogen-bond donors (Lipinski definition) is 2. The van der Waals surface area contributed by atoms with E-state index in [1.165, 1.54) is 12.7 Å². The molecule has 1 aliphatic rings. The summed E-state index contributed by atoms with van der Waals surface area (Å²) in [6.45, 7) is 11.2. The van der Waals surface area contributed by atoms with Crippen LogP contribution in [0.5, 0.6) is 0 Å². The summed E-state index contributed by atoms with van der Waals surface area (Å²) < 4.78 is 10.4. The van der Waals surface area contributed by atoms with Gasteiger partial charge in [-0.1, -0.05) is 13.0 Å². The molecule has 2 heterocycles. The number of fused-ring (bicyclic) bond motifs is 1. The molecule has 1 fully saturated rings. The maximum Gasteiger partial charge on any atom is 0.410 e. The number of aromatic amines is 1. The van der Waals surface area contributed by atoms with Gasteiger partial charge in [0.05, 0.1) is 24.2 Å². The Bertz CT molecular complexity index is 939. The molecular weight excluding hydrogens is 396 g/mol. The van der Waals surface area contributed by atoms with Gasteiger partial charge in [0.15, 0.2) is 0 Å². The molecule has 1 amide bonds. The van der Waals surface area contributed by atoms with Gasteiger partial charge in [-0.05, 0) is 58.1 Å². The Kier molecular flexibility index (Phi) is 6.77. The Morgan fingerprint density at radius 1 is 1.29 bits per heavy atom. The van der Waals surface area contributed by atoms with Gasteiger partial charge in [-0.2, -0.15) is 0 Å². The van der Waals surface area contributed by atoms with Crippen molar-refractivity contribution in [1.82, 2.24) is 14.9 Å². The average molecular weight is 431 g/mol. The number of piperidine rings is 1. The lowest BCUT2D eigenvalue weighted by molar-refractivity contribution is -0.144. The van der Waals surface area contributed by atoms with Gasteiger partial charge in [-0.3, -0.25) is 4.79 Å². The minimum Gasteiger partial charge on any atom is -0.469 e. The van der Waals surface area contributed by atoms with Gasteiger partial charge in [0.1, 0.15) is 16.9 Å². The van der Waals surface area contributed by atoms with Crippen molar-refractivity contribution in [3.05, 3.63) is 23.5 Å². The van der Waals surface area contributed by atoms with E-state index in [2.05, 4.69) is 27.4 Å². The number of aromatic nitrogens is 2. The number of hydrogen-bond acceptors (Lipinski definition) is 6. The molecule has 2 N–H and O–H groups in total. The molecule has 2 aromatic rings. The number of ether oxygens (including phenoxy) is 2. The zero-order chi connectivity index (χ0) is 22.8. The minimum atomic E-state index is -0.496. The van der Waals surface area contributed by atoms with Crippen LogP contribution in [0.15, 0.2) is 12.1 Å². The van der Waals surface area contributed by atoms with Crippen LogP contribution in [0, 0.1) is 12.8 Å². The van der Waals surface area contributed by atoms with Gasteiger partial charge >= 0.3 is 12.1 Å². The smallest absolute Gasteiger partial charge is 0.410 e. The molecule has 0 saturated carbocycles. The lowest BCUT2D eigenvalue weighted by atomic mass is 9.88. The van der Waals surface area contributed by atoms with E-state index in [9.17, 15) is 9.59 Å². The number of nitrogens with zero attached hydrogens (tertiary/aromatic N) is 2. The number of anilines is 1. The van der Waals surface area contributed by atoms with Gasteiger partial charge in [-0.25, -0.2) is 9.78 Å². The first kappa shape index (κ1) is 22.9. The maximum absolute atomic E-state index is 12.4. The summed E-state index contributed by atoms with van der Waals surface area (Å²) in [6, 6.07) is 4.18. The summed E-state index contributed by atoms with van der Waals surface area (Å²) >= 11 is 0. The highest BCUT2D eigenvalue weighted by atomic mass is 16.6. The molecule has 8 nitrogen and oxygen atoms in total. The number of amides is 1. The number of carbonyl (C=O) groups is 2. The minimum absolute atomic E-state index is 0.245. The van der Waals surface area contributed by atoms with E-state index >= 15 is 0 Å². The van der Waals surface area contributed by atoms with Crippen LogP contribution in [0.25, 0.3) is 11.0 Å². The number of aryl methyl sites for hydroxylation is 1. The molecule has 8 heteroatoms. The summed E-state index contributed by atoms with van der Waals surface area (Å²) in [5.41, 5.74) is 3.46. The number of esters is 1. The van der Waals surface area contributed by atoms with Crippen LogP contribution in [0.4, 0.5) is 10.5 Å². The zero-order valence-corrected chi connectivity index (χ0v) is 19.4. The number of benzene rings is 1. The number of methoxy groups -OCH3 is 1. The number of rotatable bonds is 5. The quantitative estimate of drug-likeness (QED) is 0.690. The van der Waals surface area contributed by atoms with Crippen LogP contribution in [0.2, 0.25) is 0 Å². The van der Waals surface area contributed by atoms with Gasteiger partial charge in [0, 0.05) is 19.6 Å². The van der Waals surface area contributed by atoms with Crippen LogP contribution >= 0.6 is 0 Å². The fraction of sp³-hybridized carbons (Fsp3) is 0.609. The molecule has 3 rings (SSSR count). The van der Waals surface area contributed by atoms with Gasteiger partial charge in [0.25, 0.3) is 0 Å². The van der Waals surface area contributed by atoms with Crippen molar-refractivity contribution >= 4 is 28.8 Å². The van der Waals surface area contributed by atoms with E-state index < -0.39 is 5.60 Å². The molecule has 1 saturated heterocycles. The molecule has 1 aliphatic heterocycles. The van der Waals surface area contributed by atoms with Crippen LogP contribution in [0.3, 0.4) is 0 Å². The predicted octanol–water partition coefficient (Wildman–Crippen LogP) is 4.21. The Morgan fingerprint density at radius 2 is 1.97 bits per heavy atom. The number of H-pyrrole nitrogens is 1. The highest BCUT2D eigenvalue weighted by molar-refractivity contribution is 5.91. The number of nitrogens with one attached hydrogen (secondary N) is 2. The zero-order valence-electron chi connectivity index (χ0n) is 19.4. The third-order valence-corrected chi connectivity index (χ3v) is 5.58. The third kappa shape index (κ3) is 5.48. The number of imidazole rings is 1. The molecule has 31 heavy (non-hydrogen) atoms. The summed E-state index contributed by atoms with van der Waals surface area (Å²) in [4.78, 5) is 34.0. The van der Waals surface area contributed by atoms with Crippen LogP contribution in [-0.2, 0) is 14.3 Å². The molecule has 1 aromatic carbocycles. The average Bonchev–Trinajstić information content (AvgIpc) is 3.10. The fourth-order valence-corrected chi connectivity index (χ4v) is 3.98. The van der Waals surface area contributed by atoms with Crippen molar-refractivity contribution in [1.29, 1.82) is 0 Å². The molecule has 1 atom stereocenters. The van der Waals surface area contributed by atoms with Gasteiger partial charge < -0.3 is 24.7 Å². The molecule has 1 unspecified atom stereocenters. The van der Waals surface area contributed by atoms with E-state index in [1.807, 2.05) is 34.6 Å². The summed E-state index contributed by atoms with van der Waals surface area (Å²) in [7, 11) is 1.40. The van der Waals surface area contributed by atoms with Crippen LogP contribution in [-0.4, -0.2) is 59.3 Å². The van der Waals surface area contributed by atoms with E-state index in [-0.39, 0.29) is 23.9 Å². The highest BCUT2D eigenvalue weighted by Gasteiger charge is 2.29. The summed E-state index contributed by atoms with van der Waals surface area (Å²) in [6.07, 6.45) is 1.43. The first-order chi connectivity index (χ1) is 14.6. The van der Waals surface area contributed by atoms with Gasteiger partial charge in [-0.15, -0.1) is 0 Å². The van der Waals surface area contributed by atoms with E-state index in [4.69, 9.17) is 9.47 Å². The summed E-state index contributed by atoms with van der Waals surface area (Å²) in [5.74, 6) is 0.610. The van der Waals surface area contributed by atoms with E-state index in [0.717, 1.165) is 35.4 Å². The number of likely N-dealkylation sites (tertiary alicyclic amines) is 1. The van der Waals surface area contributed by atoms with Crippen LogP contribution < -0.4 is 5.32 Å². The molecule has 0 radical (unpaired) electrons. The molecular formula is C23H34N4O4. The molecule has 0 spiro atoms. The monoisotopic (exact) mass is 430 g/mol. The lowest BCUT2D eigenvalue weighted by Gasteiger charge is -2.34. The van der Waals surface area contributed by atoms with Crippen molar-refractivity contribution in [3.8, 4) is 0 Å². The standard InChI is InChI=1S/C23H34N4O4/c1-14(21(28)30-6)13-24-19-17(7-8-18-20(19)26-15(2)25-18)16-9-11-27(12-10-16)22(29)31-23(3,4)5/h7-8,14,16,24H,9-13H2,1-6H3,(H,25,26). The molecule has 1 aromatic heterocycles. The summed E-state index contributed by atoms with van der Waals surface area (Å²) in [5, 5.41) is 3.46. The molecule has 0 bridgehead atoms. The second-order valence-electron chi connectivity index (χ2n) is 9.29. The third-order valence-electron chi connectivity index (χ3n) is 5.58. The van der Waals surface area contributed by atoms with E-state index in [1.54, 1.807) is 4.90 Å². The fourth-order valence-electron chi connectivity index (χ4n) is 3.98. The predicted molar refractivity (Wildman–Crippen MR) is 120 cm³/mol. The normalized spacial score (nSPS) is 16.3. The lowest BCUT2D eigenvalue weighted by Crippen LogP contribution is -2.41. The second-order valence-corrected chi connectivity index (χ2v) is 9.29. The first-order valence-electron chi connectivity index (χ1n) is 10.9. The SMILES string of the molecule is COC(=O)C(C)CNc1c(C2CCN(C(=O)OC(C)(C)C)CC2)ccc2[nH]c(C)nc12. The largest absolute Gasteiger partial charge is 0.469 e. The topological polar surface area (TPSA) is 96.5 Å². The van der Waals surface area contributed by atoms with Crippen molar-refractivity contribution < 1.29 is 19.1 Å². The Hall–Kier alpha value is -2.77. The maximum atomic E-state index is 12.4. The molecule has 170 valence electrons. The second kappa shape index (κ2) is 9.16. The van der Waals surface area contributed by atoms with Crippen molar-refractivity contribution in [2.24, 2.45) is 5.92 Å². The first-order valence-corrected chi connectivity index (χ1v) is 10.9. The Morgan fingerprint density at radius 3 is 2.58 bits per heavy atom. The van der Waals surface area contributed by atoms with Crippen molar-refractivity contribution in [2.75, 3.05) is 32.1 Å². The molecule has 0 aliphatic carbocycles. The number of carbonyl (C=O) groups excluding carboxylic acids is 2. The highest BCUT2D eigenvalue weighted by Crippen LogP contribution is 2.37. The van der Waals surface area contributed by atoms with Crippen molar-refractivity contribution in [2.45, 2.75) is 59.0 Å². The Labute approximate surface area is 183 Å². The van der Waals surface area contributed by atoms with Crippen LogP contribution in [0.1, 0.15) is 57.8 Å². The Balaban J connectivity index is 1.79. The van der Waals surface area contributed by atoms with Crippen molar-refractivity contribution in [3.63, 3.8) is 0 Å².